The van der Waals surface area contributed by atoms with Crippen LogP contribution in [-0.4, -0.2) is 13.7 Å². The number of rotatable bonds is 5. The predicted molar refractivity (Wildman–Crippen MR) is 86.9 cm³/mol. The number of ether oxygens (including phenoxy) is 2. The van der Waals surface area contributed by atoms with Crippen molar-refractivity contribution in [3.05, 3.63) is 57.0 Å². The van der Waals surface area contributed by atoms with Crippen molar-refractivity contribution < 1.29 is 9.47 Å². The van der Waals surface area contributed by atoms with Crippen LogP contribution < -0.4 is 15.2 Å². The molecule has 0 bridgehead atoms. The van der Waals surface area contributed by atoms with Crippen molar-refractivity contribution in [2.75, 3.05) is 13.7 Å². The Morgan fingerprint density at radius 1 is 1.00 bits per heavy atom. The van der Waals surface area contributed by atoms with E-state index in [0.29, 0.717) is 27.4 Å². The minimum absolute atomic E-state index is 0.295. The largest absolute Gasteiger partial charge is 0.497 e. The molecule has 2 aromatic carbocycles. The zero-order valence-electron chi connectivity index (χ0n) is 11.3. The molecule has 6 heteroatoms. The van der Waals surface area contributed by atoms with Gasteiger partial charge in [-0.1, -0.05) is 46.9 Å². The molecule has 112 valence electrons. The van der Waals surface area contributed by atoms with Crippen LogP contribution in [-0.2, 0) is 0 Å². The molecule has 1 atom stereocenters. The van der Waals surface area contributed by atoms with Crippen molar-refractivity contribution in [1.29, 1.82) is 0 Å². The summed E-state index contributed by atoms with van der Waals surface area (Å²) in [6, 6.07) is 10.6. The van der Waals surface area contributed by atoms with Gasteiger partial charge in [0.05, 0.1) is 22.2 Å². The number of halogens is 3. The molecule has 0 amide bonds. The lowest BCUT2D eigenvalue weighted by molar-refractivity contribution is 0.214. The fraction of sp³-hybridized carbons (Fsp3) is 0.200. The number of benzene rings is 2. The van der Waals surface area contributed by atoms with E-state index >= 15 is 0 Å². The quantitative estimate of drug-likeness (QED) is 0.796. The lowest BCUT2D eigenvalue weighted by Gasteiger charge is -2.19. The van der Waals surface area contributed by atoms with Gasteiger partial charge in [0, 0.05) is 12.6 Å². The number of hydrogen-bond donors (Lipinski definition) is 1. The van der Waals surface area contributed by atoms with E-state index < -0.39 is 0 Å². The third kappa shape index (κ3) is 3.95. The smallest absolute Gasteiger partial charge is 0.140 e. The molecule has 0 fully saturated rings. The average molecular weight is 347 g/mol. The van der Waals surface area contributed by atoms with Gasteiger partial charge in [0.2, 0.25) is 0 Å². The van der Waals surface area contributed by atoms with Gasteiger partial charge in [-0.3, -0.25) is 0 Å². The van der Waals surface area contributed by atoms with E-state index in [1.165, 1.54) is 0 Å². The first-order chi connectivity index (χ1) is 10.0. The molecule has 2 N–H and O–H groups in total. The molecule has 0 heterocycles. The molecular weight excluding hydrogens is 333 g/mol. The summed E-state index contributed by atoms with van der Waals surface area (Å²) in [7, 11) is 1.61. The van der Waals surface area contributed by atoms with Crippen molar-refractivity contribution >= 4 is 34.8 Å². The summed E-state index contributed by atoms with van der Waals surface area (Å²) in [5.74, 6) is 1.21. The molecule has 2 rings (SSSR count). The third-order valence-electron chi connectivity index (χ3n) is 2.95. The van der Waals surface area contributed by atoms with Crippen LogP contribution in [0.4, 0.5) is 0 Å². The second kappa shape index (κ2) is 7.23. The maximum Gasteiger partial charge on any atom is 0.140 e. The molecule has 0 spiro atoms. The Morgan fingerprint density at radius 3 is 2.19 bits per heavy atom. The highest BCUT2D eigenvalue weighted by Gasteiger charge is 2.15. The Hall–Kier alpha value is -1.13. The van der Waals surface area contributed by atoms with Crippen LogP contribution in [0.5, 0.6) is 11.5 Å². The number of hydrogen-bond acceptors (Lipinski definition) is 3. The number of methoxy groups -OCH3 is 1. The maximum atomic E-state index is 6.11. The Bertz CT molecular complexity index is 617. The zero-order valence-corrected chi connectivity index (χ0v) is 13.5. The second-order valence-electron chi connectivity index (χ2n) is 4.31. The summed E-state index contributed by atoms with van der Waals surface area (Å²) in [6.45, 7) is 0.295. The topological polar surface area (TPSA) is 44.5 Å². The van der Waals surface area contributed by atoms with E-state index in [0.717, 1.165) is 11.3 Å². The van der Waals surface area contributed by atoms with Gasteiger partial charge in [0.1, 0.15) is 17.6 Å². The van der Waals surface area contributed by atoms with Crippen molar-refractivity contribution in [3.63, 3.8) is 0 Å². The molecular formula is C15H14Cl3NO2. The summed E-state index contributed by atoms with van der Waals surface area (Å²) in [6.07, 6.45) is -0.342. The summed E-state index contributed by atoms with van der Waals surface area (Å²) in [5, 5.41) is 1.14. The Kier molecular flexibility index (Phi) is 5.59. The Morgan fingerprint density at radius 2 is 1.62 bits per heavy atom. The van der Waals surface area contributed by atoms with Crippen molar-refractivity contribution in [1.82, 2.24) is 0 Å². The van der Waals surface area contributed by atoms with Gasteiger partial charge in [-0.2, -0.15) is 0 Å². The van der Waals surface area contributed by atoms with Gasteiger partial charge in [-0.25, -0.2) is 0 Å². The minimum atomic E-state index is -0.342. The highest BCUT2D eigenvalue weighted by atomic mass is 35.5. The van der Waals surface area contributed by atoms with E-state index in [2.05, 4.69) is 0 Å². The van der Waals surface area contributed by atoms with E-state index in [-0.39, 0.29) is 6.10 Å². The monoisotopic (exact) mass is 345 g/mol. The second-order valence-corrected chi connectivity index (χ2v) is 5.53. The summed E-state index contributed by atoms with van der Waals surface area (Å²) < 4.78 is 11.0. The first-order valence-corrected chi connectivity index (χ1v) is 7.33. The molecule has 0 aromatic heterocycles. The molecule has 2 aromatic rings. The van der Waals surface area contributed by atoms with Crippen LogP contribution in [0.1, 0.15) is 11.7 Å². The molecule has 21 heavy (non-hydrogen) atoms. The van der Waals surface area contributed by atoms with Crippen LogP contribution in [0.15, 0.2) is 36.4 Å². The van der Waals surface area contributed by atoms with E-state index in [1.807, 2.05) is 24.3 Å². The molecule has 1 unspecified atom stereocenters. The van der Waals surface area contributed by atoms with Crippen LogP contribution in [0, 0.1) is 0 Å². The standard InChI is InChI=1S/C15H14Cl3NO2/c1-20-10-4-2-9(3-5-10)15(8-19)21-14-7-12(17)11(16)6-13(14)18/h2-7,15H,8,19H2,1H3. The maximum absolute atomic E-state index is 6.11. The molecule has 0 saturated heterocycles. The fourth-order valence-corrected chi connectivity index (χ4v) is 2.40. The highest BCUT2D eigenvalue weighted by molar-refractivity contribution is 6.43. The Balaban J connectivity index is 2.24. The summed E-state index contributed by atoms with van der Waals surface area (Å²) in [4.78, 5) is 0. The molecule has 0 aliphatic heterocycles. The predicted octanol–water partition coefficient (Wildman–Crippen LogP) is 4.73. The van der Waals surface area contributed by atoms with E-state index in [9.17, 15) is 0 Å². The first kappa shape index (κ1) is 16.2. The van der Waals surface area contributed by atoms with Gasteiger partial charge in [-0.15, -0.1) is 0 Å². The molecule has 0 aliphatic rings. The van der Waals surface area contributed by atoms with Gasteiger partial charge in [0.25, 0.3) is 0 Å². The van der Waals surface area contributed by atoms with Crippen LogP contribution in [0.3, 0.4) is 0 Å². The summed E-state index contributed by atoms with van der Waals surface area (Å²) >= 11 is 18.0. The van der Waals surface area contributed by atoms with Crippen molar-refractivity contribution in [3.8, 4) is 11.5 Å². The highest BCUT2D eigenvalue weighted by Crippen LogP contribution is 2.36. The zero-order chi connectivity index (χ0) is 15.4. The van der Waals surface area contributed by atoms with Crippen LogP contribution in [0.2, 0.25) is 15.1 Å². The first-order valence-electron chi connectivity index (χ1n) is 6.20. The molecule has 0 aliphatic carbocycles. The van der Waals surface area contributed by atoms with Gasteiger partial charge in [0.15, 0.2) is 0 Å². The van der Waals surface area contributed by atoms with E-state index in [1.54, 1.807) is 19.2 Å². The van der Waals surface area contributed by atoms with Crippen LogP contribution in [0.25, 0.3) is 0 Å². The lowest BCUT2D eigenvalue weighted by Crippen LogP contribution is -2.18. The van der Waals surface area contributed by atoms with E-state index in [4.69, 9.17) is 50.0 Å². The van der Waals surface area contributed by atoms with Gasteiger partial charge < -0.3 is 15.2 Å². The Labute approximate surface area is 138 Å². The summed E-state index contributed by atoms with van der Waals surface area (Å²) in [5.41, 5.74) is 6.70. The fourth-order valence-electron chi connectivity index (χ4n) is 1.82. The third-order valence-corrected chi connectivity index (χ3v) is 3.96. The van der Waals surface area contributed by atoms with Crippen molar-refractivity contribution in [2.24, 2.45) is 5.73 Å². The van der Waals surface area contributed by atoms with Gasteiger partial charge >= 0.3 is 0 Å². The molecule has 0 radical (unpaired) electrons. The SMILES string of the molecule is COc1ccc(C(CN)Oc2cc(Cl)c(Cl)cc2Cl)cc1. The number of nitrogens with two attached hydrogens (primary N) is 1. The van der Waals surface area contributed by atoms with Crippen molar-refractivity contribution in [2.45, 2.75) is 6.10 Å². The molecule has 3 nitrogen and oxygen atoms in total. The van der Waals surface area contributed by atoms with Gasteiger partial charge in [-0.05, 0) is 23.8 Å². The lowest BCUT2D eigenvalue weighted by atomic mass is 10.1. The minimum Gasteiger partial charge on any atom is -0.497 e. The molecule has 0 saturated carbocycles. The average Bonchev–Trinajstić information content (AvgIpc) is 2.50. The normalized spacial score (nSPS) is 12.0. The van der Waals surface area contributed by atoms with Crippen LogP contribution >= 0.6 is 34.8 Å².